The van der Waals surface area contributed by atoms with Gasteiger partial charge in [0.1, 0.15) is 0 Å². The van der Waals surface area contributed by atoms with Crippen molar-refractivity contribution in [3.8, 4) is 0 Å². The number of hydrogen-bond acceptors (Lipinski definition) is 3. The second-order valence-electron chi connectivity index (χ2n) is 4.21. The number of carbonyl (C=O) groups is 2. The molecule has 0 spiro atoms. The van der Waals surface area contributed by atoms with Gasteiger partial charge in [-0.05, 0) is 25.7 Å². The highest BCUT2D eigenvalue weighted by Crippen LogP contribution is 2.34. The van der Waals surface area contributed by atoms with E-state index in [0.717, 1.165) is 12.8 Å². The van der Waals surface area contributed by atoms with Gasteiger partial charge in [0.2, 0.25) is 0 Å². The van der Waals surface area contributed by atoms with Crippen molar-refractivity contribution in [2.45, 2.75) is 31.8 Å². The predicted octanol–water partition coefficient (Wildman–Crippen LogP) is -0.128. The van der Waals surface area contributed by atoms with Crippen LogP contribution in [-0.2, 0) is 4.79 Å². The maximum atomic E-state index is 11.6. The van der Waals surface area contributed by atoms with Crippen LogP contribution in [0, 0.1) is 5.92 Å². The number of amides is 2. The molecule has 1 fully saturated rings. The minimum atomic E-state index is -1.23. The molecule has 0 aromatic rings. The molecule has 0 aromatic carbocycles. The molecule has 1 rings (SSSR count). The van der Waals surface area contributed by atoms with Crippen molar-refractivity contribution in [3.63, 3.8) is 0 Å². The Balaban J connectivity index is 2.46. The van der Waals surface area contributed by atoms with Gasteiger partial charge in [-0.15, -0.1) is 0 Å². The third-order valence-corrected chi connectivity index (χ3v) is 3.01. The van der Waals surface area contributed by atoms with Crippen LogP contribution in [0.15, 0.2) is 0 Å². The van der Waals surface area contributed by atoms with Crippen molar-refractivity contribution >= 4 is 12.0 Å². The summed E-state index contributed by atoms with van der Waals surface area (Å²) in [6, 6.07) is -1.59. The lowest BCUT2D eigenvalue weighted by Gasteiger charge is -2.26. The number of carboxylic acids is 1. The summed E-state index contributed by atoms with van der Waals surface area (Å²) in [4.78, 5) is 23.7. The number of carbonyl (C=O) groups excluding carboxylic acids is 1. The molecule has 3 N–H and O–H groups in total. The summed E-state index contributed by atoms with van der Waals surface area (Å²) >= 11 is 0. The van der Waals surface area contributed by atoms with Crippen molar-refractivity contribution in [3.05, 3.63) is 0 Å². The average Bonchev–Trinajstić information content (AvgIpc) is 3.06. The first-order valence-corrected chi connectivity index (χ1v) is 5.34. The van der Waals surface area contributed by atoms with E-state index < -0.39 is 24.6 Å². The molecule has 6 nitrogen and oxygen atoms in total. The molecular formula is C10H18N2O4. The van der Waals surface area contributed by atoms with E-state index in [-0.39, 0.29) is 6.04 Å². The predicted molar refractivity (Wildman–Crippen MR) is 57.0 cm³/mol. The Hall–Kier alpha value is -1.30. The van der Waals surface area contributed by atoms with Crippen molar-refractivity contribution in [2.24, 2.45) is 5.92 Å². The van der Waals surface area contributed by atoms with Crippen LogP contribution in [0.25, 0.3) is 0 Å². The van der Waals surface area contributed by atoms with Crippen LogP contribution in [-0.4, -0.2) is 52.9 Å². The summed E-state index contributed by atoms with van der Waals surface area (Å²) in [7, 11) is 1.63. The number of urea groups is 1. The molecule has 0 bridgehead atoms. The summed E-state index contributed by atoms with van der Waals surface area (Å²) < 4.78 is 0. The van der Waals surface area contributed by atoms with Gasteiger partial charge in [-0.3, -0.25) is 0 Å². The fraction of sp³-hybridized carbons (Fsp3) is 0.800. The molecule has 1 unspecified atom stereocenters. The Morgan fingerprint density at radius 3 is 2.44 bits per heavy atom. The molecule has 1 aliphatic carbocycles. The van der Waals surface area contributed by atoms with Crippen LogP contribution < -0.4 is 5.32 Å². The maximum Gasteiger partial charge on any atom is 0.328 e. The van der Waals surface area contributed by atoms with Crippen molar-refractivity contribution < 1.29 is 19.8 Å². The van der Waals surface area contributed by atoms with Gasteiger partial charge in [0.05, 0.1) is 6.61 Å². The van der Waals surface area contributed by atoms with Gasteiger partial charge in [-0.25, -0.2) is 9.59 Å². The van der Waals surface area contributed by atoms with Gasteiger partial charge in [0, 0.05) is 13.1 Å². The highest BCUT2D eigenvalue weighted by molar-refractivity contribution is 5.82. The summed E-state index contributed by atoms with van der Waals surface area (Å²) in [6.45, 7) is 1.33. The van der Waals surface area contributed by atoms with Gasteiger partial charge >= 0.3 is 12.0 Å². The molecule has 0 aliphatic heterocycles. The molecule has 0 radical (unpaired) electrons. The summed E-state index contributed by atoms with van der Waals surface area (Å²) in [5.74, 6) is -0.712. The van der Waals surface area contributed by atoms with Crippen LogP contribution >= 0.6 is 0 Å². The maximum absolute atomic E-state index is 11.6. The minimum absolute atomic E-state index is 0.105. The second-order valence-corrected chi connectivity index (χ2v) is 4.21. The van der Waals surface area contributed by atoms with E-state index in [1.165, 1.54) is 4.90 Å². The van der Waals surface area contributed by atoms with Crippen LogP contribution in [0.2, 0.25) is 0 Å². The third-order valence-electron chi connectivity index (χ3n) is 3.01. The first-order chi connectivity index (χ1) is 7.47. The zero-order valence-corrected chi connectivity index (χ0v) is 9.51. The monoisotopic (exact) mass is 230 g/mol. The fourth-order valence-corrected chi connectivity index (χ4v) is 1.52. The molecule has 16 heavy (non-hydrogen) atoms. The van der Waals surface area contributed by atoms with Crippen LogP contribution in [0.5, 0.6) is 0 Å². The van der Waals surface area contributed by atoms with E-state index in [2.05, 4.69) is 5.32 Å². The van der Waals surface area contributed by atoms with Crippen LogP contribution in [0.4, 0.5) is 4.79 Å². The molecule has 92 valence electrons. The number of hydrogen-bond donors (Lipinski definition) is 3. The van der Waals surface area contributed by atoms with Crippen LogP contribution in [0.1, 0.15) is 19.8 Å². The third kappa shape index (κ3) is 3.10. The van der Waals surface area contributed by atoms with Crippen molar-refractivity contribution in [1.29, 1.82) is 0 Å². The molecule has 0 heterocycles. The number of carboxylic acid groups (broad SMARTS) is 1. The largest absolute Gasteiger partial charge is 0.480 e. The molecule has 1 aliphatic rings. The molecule has 2 amide bonds. The van der Waals surface area contributed by atoms with E-state index in [9.17, 15) is 9.59 Å². The minimum Gasteiger partial charge on any atom is -0.480 e. The van der Waals surface area contributed by atoms with E-state index in [1.54, 1.807) is 7.05 Å². The summed E-state index contributed by atoms with van der Waals surface area (Å²) in [6.07, 6.45) is 2.22. The van der Waals surface area contributed by atoms with Crippen LogP contribution in [0.3, 0.4) is 0 Å². The normalized spacial score (nSPS) is 18.7. The highest BCUT2D eigenvalue weighted by atomic mass is 16.4. The first-order valence-electron chi connectivity index (χ1n) is 5.34. The summed E-state index contributed by atoms with van der Waals surface area (Å²) in [5.41, 5.74) is 0. The zero-order valence-electron chi connectivity index (χ0n) is 9.51. The first kappa shape index (κ1) is 12.8. The lowest BCUT2D eigenvalue weighted by Crippen LogP contribution is -2.51. The average molecular weight is 230 g/mol. The number of nitrogens with zero attached hydrogens (tertiary/aromatic N) is 1. The molecular weight excluding hydrogens is 212 g/mol. The number of aliphatic carboxylic acids is 1. The van der Waals surface area contributed by atoms with Crippen molar-refractivity contribution in [1.82, 2.24) is 10.2 Å². The van der Waals surface area contributed by atoms with Gasteiger partial charge in [-0.1, -0.05) is 0 Å². The number of nitrogens with one attached hydrogen (secondary N) is 1. The van der Waals surface area contributed by atoms with E-state index >= 15 is 0 Å². The smallest absolute Gasteiger partial charge is 0.328 e. The molecule has 6 heteroatoms. The molecule has 2 atom stereocenters. The zero-order chi connectivity index (χ0) is 12.3. The van der Waals surface area contributed by atoms with Crippen molar-refractivity contribution in [2.75, 3.05) is 13.7 Å². The lowest BCUT2D eigenvalue weighted by atomic mass is 10.2. The Labute approximate surface area is 94.2 Å². The number of rotatable bonds is 5. The Morgan fingerprint density at radius 1 is 1.50 bits per heavy atom. The Bertz CT molecular complexity index is 278. The number of aliphatic hydroxyl groups is 1. The number of aliphatic hydroxyl groups excluding tert-OH is 1. The van der Waals surface area contributed by atoms with Gasteiger partial charge in [-0.2, -0.15) is 0 Å². The van der Waals surface area contributed by atoms with Gasteiger partial charge in [0.25, 0.3) is 0 Å². The second kappa shape index (κ2) is 5.16. The fourth-order valence-electron chi connectivity index (χ4n) is 1.52. The Morgan fingerprint density at radius 2 is 2.06 bits per heavy atom. The van der Waals surface area contributed by atoms with E-state index in [1.807, 2.05) is 6.92 Å². The topological polar surface area (TPSA) is 89.9 Å². The van der Waals surface area contributed by atoms with E-state index in [4.69, 9.17) is 10.2 Å². The van der Waals surface area contributed by atoms with E-state index in [0.29, 0.717) is 5.92 Å². The van der Waals surface area contributed by atoms with Gasteiger partial charge < -0.3 is 20.4 Å². The standard InChI is InChI=1S/C10H18N2O4/c1-6(7-3-4-7)12(2)10(16)11-8(5-13)9(14)15/h6-8,13H,3-5H2,1-2H3,(H,11,16)(H,14,15)/t6?,8-/m1/s1. The quantitative estimate of drug-likeness (QED) is 0.613. The molecule has 0 saturated heterocycles. The molecule has 1 saturated carbocycles. The van der Waals surface area contributed by atoms with Gasteiger partial charge in [0.15, 0.2) is 6.04 Å². The highest BCUT2D eigenvalue weighted by Gasteiger charge is 2.33. The molecule has 0 aromatic heterocycles. The SMILES string of the molecule is CC(C1CC1)N(C)C(=O)N[C@H](CO)C(=O)O. The Kier molecular flexibility index (Phi) is 4.12. The lowest BCUT2D eigenvalue weighted by molar-refractivity contribution is -0.140. The summed E-state index contributed by atoms with van der Waals surface area (Å²) in [5, 5.41) is 19.7.